The molecular formula is C22H29N3S. The van der Waals surface area contributed by atoms with Crippen molar-refractivity contribution in [1.29, 1.82) is 0 Å². The van der Waals surface area contributed by atoms with E-state index in [1.54, 1.807) is 0 Å². The summed E-state index contributed by atoms with van der Waals surface area (Å²) < 4.78 is 0. The van der Waals surface area contributed by atoms with Crippen molar-refractivity contribution in [3.05, 3.63) is 59.7 Å². The normalized spacial score (nSPS) is 15.4. The lowest BCUT2D eigenvalue weighted by atomic mass is 10.1. The number of nitrogens with zero attached hydrogens (tertiary/aromatic N) is 1. The molecule has 0 aliphatic carbocycles. The summed E-state index contributed by atoms with van der Waals surface area (Å²) >= 11 is 5.47. The highest BCUT2D eigenvalue weighted by atomic mass is 32.1. The van der Waals surface area contributed by atoms with Crippen LogP contribution in [-0.2, 0) is 6.42 Å². The zero-order valence-corrected chi connectivity index (χ0v) is 16.6. The van der Waals surface area contributed by atoms with Crippen LogP contribution in [-0.4, -0.2) is 18.2 Å². The van der Waals surface area contributed by atoms with Crippen LogP contribution in [0.25, 0.3) is 0 Å². The van der Waals surface area contributed by atoms with Gasteiger partial charge in [-0.1, -0.05) is 31.2 Å². The van der Waals surface area contributed by atoms with E-state index in [0.29, 0.717) is 5.11 Å². The van der Waals surface area contributed by atoms with Crippen molar-refractivity contribution < 1.29 is 0 Å². The molecule has 138 valence electrons. The lowest BCUT2D eigenvalue weighted by Crippen LogP contribution is -2.31. The molecule has 0 spiro atoms. The van der Waals surface area contributed by atoms with Crippen molar-refractivity contribution in [1.82, 2.24) is 5.32 Å². The minimum absolute atomic E-state index is 0.167. The van der Waals surface area contributed by atoms with E-state index in [1.165, 1.54) is 49.2 Å². The maximum Gasteiger partial charge on any atom is 0.171 e. The monoisotopic (exact) mass is 367 g/mol. The summed E-state index contributed by atoms with van der Waals surface area (Å²) in [6, 6.07) is 17.5. The molecule has 26 heavy (non-hydrogen) atoms. The van der Waals surface area contributed by atoms with E-state index in [0.717, 1.165) is 12.1 Å². The number of aryl methyl sites for hydroxylation is 1. The molecule has 1 atom stereocenters. The van der Waals surface area contributed by atoms with Gasteiger partial charge in [-0.2, -0.15) is 0 Å². The molecule has 2 aromatic rings. The third-order valence-corrected chi connectivity index (χ3v) is 5.30. The topological polar surface area (TPSA) is 27.3 Å². The molecule has 2 N–H and O–H groups in total. The average Bonchev–Trinajstić information content (AvgIpc) is 2.69. The Hall–Kier alpha value is -2.07. The van der Waals surface area contributed by atoms with Gasteiger partial charge >= 0.3 is 0 Å². The standard InChI is InChI=1S/C22H29N3S/c1-3-18-7-11-20(12-8-18)24-22(26)23-17(2)19-9-13-21(14-10-19)25-15-5-4-6-16-25/h7-14,17H,3-6,15-16H2,1-2H3,(H2,23,24,26). The molecule has 1 saturated heterocycles. The molecule has 0 bridgehead atoms. The zero-order chi connectivity index (χ0) is 18.4. The Morgan fingerprint density at radius 3 is 2.27 bits per heavy atom. The summed E-state index contributed by atoms with van der Waals surface area (Å²) in [6.45, 7) is 6.66. The van der Waals surface area contributed by atoms with Crippen molar-refractivity contribution in [3.8, 4) is 0 Å². The van der Waals surface area contributed by atoms with Crippen LogP contribution in [0.3, 0.4) is 0 Å². The van der Waals surface area contributed by atoms with Crippen LogP contribution in [0.2, 0.25) is 0 Å². The van der Waals surface area contributed by atoms with Crippen LogP contribution < -0.4 is 15.5 Å². The summed E-state index contributed by atoms with van der Waals surface area (Å²) in [5.74, 6) is 0. The second-order valence-electron chi connectivity index (χ2n) is 7.01. The molecule has 3 rings (SSSR count). The first-order valence-electron chi connectivity index (χ1n) is 9.67. The van der Waals surface area contributed by atoms with Gasteiger partial charge in [-0.3, -0.25) is 0 Å². The average molecular weight is 368 g/mol. The summed E-state index contributed by atoms with van der Waals surface area (Å²) in [4.78, 5) is 2.48. The molecule has 4 heteroatoms. The molecule has 0 radical (unpaired) electrons. The quantitative estimate of drug-likeness (QED) is 0.703. The fourth-order valence-electron chi connectivity index (χ4n) is 3.40. The molecule has 1 heterocycles. The molecule has 1 fully saturated rings. The second-order valence-corrected chi connectivity index (χ2v) is 7.42. The molecule has 3 nitrogen and oxygen atoms in total. The van der Waals surface area contributed by atoms with E-state index in [1.807, 2.05) is 0 Å². The highest BCUT2D eigenvalue weighted by Crippen LogP contribution is 2.22. The first kappa shape index (κ1) is 18.7. The number of benzene rings is 2. The Morgan fingerprint density at radius 1 is 1.00 bits per heavy atom. The van der Waals surface area contributed by atoms with Crippen molar-refractivity contribution in [2.45, 2.75) is 45.6 Å². The van der Waals surface area contributed by atoms with E-state index in [4.69, 9.17) is 12.2 Å². The Balaban J connectivity index is 1.54. The largest absolute Gasteiger partial charge is 0.372 e. The summed E-state index contributed by atoms with van der Waals surface area (Å²) in [6.07, 6.45) is 5.02. The van der Waals surface area contributed by atoms with Gasteiger partial charge in [0.1, 0.15) is 0 Å². The predicted octanol–water partition coefficient (Wildman–Crippen LogP) is 5.29. The fourth-order valence-corrected chi connectivity index (χ4v) is 3.69. The molecule has 0 amide bonds. The number of nitrogens with one attached hydrogen (secondary N) is 2. The van der Waals surface area contributed by atoms with Crippen LogP contribution >= 0.6 is 12.2 Å². The third-order valence-electron chi connectivity index (χ3n) is 5.08. The van der Waals surface area contributed by atoms with Gasteiger partial charge in [0.05, 0.1) is 6.04 Å². The number of rotatable bonds is 5. The van der Waals surface area contributed by atoms with Crippen molar-refractivity contribution in [3.63, 3.8) is 0 Å². The van der Waals surface area contributed by atoms with E-state index in [9.17, 15) is 0 Å². The Morgan fingerprint density at radius 2 is 1.65 bits per heavy atom. The predicted molar refractivity (Wildman–Crippen MR) is 116 cm³/mol. The highest BCUT2D eigenvalue weighted by Gasteiger charge is 2.12. The van der Waals surface area contributed by atoms with Crippen LogP contribution in [0.5, 0.6) is 0 Å². The minimum Gasteiger partial charge on any atom is -0.372 e. The summed E-state index contributed by atoms with van der Waals surface area (Å²) in [7, 11) is 0. The van der Waals surface area contributed by atoms with Gasteiger partial charge in [-0.15, -0.1) is 0 Å². The van der Waals surface area contributed by atoms with E-state index >= 15 is 0 Å². The van der Waals surface area contributed by atoms with E-state index < -0.39 is 0 Å². The Labute approximate surface area is 162 Å². The fraction of sp³-hybridized carbons (Fsp3) is 0.409. The number of anilines is 2. The molecule has 1 aliphatic rings. The summed E-state index contributed by atoms with van der Waals surface area (Å²) in [5.41, 5.74) is 4.93. The number of piperidine rings is 1. The van der Waals surface area contributed by atoms with Gasteiger partial charge in [-0.25, -0.2) is 0 Å². The maximum absolute atomic E-state index is 5.47. The van der Waals surface area contributed by atoms with Crippen LogP contribution in [0.4, 0.5) is 11.4 Å². The van der Waals surface area contributed by atoms with Gasteiger partial charge in [0.2, 0.25) is 0 Å². The van der Waals surface area contributed by atoms with Gasteiger partial charge in [-0.05, 0) is 80.2 Å². The molecule has 2 aromatic carbocycles. The SMILES string of the molecule is CCc1ccc(NC(=S)NC(C)c2ccc(N3CCCCC3)cc2)cc1. The maximum atomic E-state index is 5.47. The van der Waals surface area contributed by atoms with Crippen molar-refractivity contribution in [2.24, 2.45) is 0 Å². The van der Waals surface area contributed by atoms with E-state index in [-0.39, 0.29) is 6.04 Å². The molecular weight excluding hydrogens is 338 g/mol. The first-order valence-corrected chi connectivity index (χ1v) is 10.1. The molecule has 0 aromatic heterocycles. The van der Waals surface area contributed by atoms with Crippen LogP contribution in [0.1, 0.15) is 50.3 Å². The smallest absolute Gasteiger partial charge is 0.171 e. The highest BCUT2D eigenvalue weighted by molar-refractivity contribution is 7.80. The van der Waals surface area contributed by atoms with Crippen molar-refractivity contribution >= 4 is 28.7 Å². The molecule has 0 saturated carbocycles. The number of hydrogen-bond acceptors (Lipinski definition) is 2. The van der Waals surface area contributed by atoms with Gasteiger partial charge < -0.3 is 15.5 Å². The molecule has 1 aliphatic heterocycles. The lowest BCUT2D eigenvalue weighted by molar-refractivity contribution is 0.577. The van der Waals surface area contributed by atoms with Crippen LogP contribution in [0.15, 0.2) is 48.5 Å². The summed E-state index contributed by atoms with van der Waals surface area (Å²) in [5, 5.41) is 7.30. The van der Waals surface area contributed by atoms with Gasteiger partial charge in [0, 0.05) is 24.5 Å². The Kier molecular flexibility index (Phi) is 6.51. The Bertz CT molecular complexity index is 703. The van der Waals surface area contributed by atoms with Gasteiger partial charge in [0.25, 0.3) is 0 Å². The number of thiocarbonyl (C=S) groups is 1. The zero-order valence-electron chi connectivity index (χ0n) is 15.8. The molecule has 1 unspecified atom stereocenters. The van der Waals surface area contributed by atoms with Crippen molar-refractivity contribution in [2.75, 3.05) is 23.3 Å². The number of hydrogen-bond donors (Lipinski definition) is 2. The first-order chi connectivity index (χ1) is 12.7. The lowest BCUT2D eigenvalue weighted by Gasteiger charge is -2.29. The van der Waals surface area contributed by atoms with E-state index in [2.05, 4.69) is 77.9 Å². The third kappa shape index (κ3) is 4.98. The van der Waals surface area contributed by atoms with Crippen LogP contribution in [0, 0.1) is 0 Å². The second kappa shape index (κ2) is 9.04. The minimum atomic E-state index is 0.167. The van der Waals surface area contributed by atoms with Gasteiger partial charge in [0.15, 0.2) is 5.11 Å².